The first kappa shape index (κ1) is 22.8. The van der Waals surface area contributed by atoms with Gasteiger partial charge in [0.15, 0.2) is 17.5 Å². The Morgan fingerprint density at radius 3 is 2.26 bits per heavy atom. The lowest BCUT2D eigenvalue weighted by Gasteiger charge is -2.14. The first-order valence-corrected chi connectivity index (χ1v) is 8.43. The van der Waals surface area contributed by atoms with E-state index in [1.165, 1.54) is 0 Å². The van der Waals surface area contributed by atoms with Gasteiger partial charge < -0.3 is 24.8 Å². The quantitative estimate of drug-likeness (QED) is 0.340. The van der Waals surface area contributed by atoms with Crippen LogP contribution in [0, 0.1) is 0 Å². The van der Waals surface area contributed by atoms with Crippen molar-refractivity contribution in [3.63, 3.8) is 0 Å². The molecule has 0 saturated carbocycles. The second kappa shape index (κ2) is 12.2. The second-order valence-electron chi connectivity index (χ2n) is 5.40. The van der Waals surface area contributed by atoms with Gasteiger partial charge in [0, 0.05) is 32.4 Å². The first-order valence-electron chi connectivity index (χ1n) is 8.43. The molecule has 0 spiro atoms. The highest BCUT2D eigenvalue weighted by molar-refractivity contribution is 14.0. The molecule has 1 heterocycles. The monoisotopic (exact) mass is 486 g/mol. The lowest BCUT2D eigenvalue weighted by molar-refractivity contribution is 0.326. The number of hydrogen-bond acceptors (Lipinski definition) is 5. The van der Waals surface area contributed by atoms with Gasteiger partial charge in [-0.25, -0.2) is 4.98 Å². The van der Waals surface area contributed by atoms with Crippen LogP contribution < -0.4 is 24.8 Å². The predicted octanol–water partition coefficient (Wildman–Crippen LogP) is 2.98. The third kappa shape index (κ3) is 7.12. The summed E-state index contributed by atoms with van der Waals surface area (Å²) in [4.78, 5) is 8.41. The van der Waals surface area contributed by atoms with Gasteiger partial charge in [0.2, 0.25) is 5.88 Å². The molecule has 2 aromatic rings. The number of halogens is 1. The van der Waals surface area contributed by atoms with E-state index in [1.54, 1.807) is 27.5 Å². The number of pyridine rings is 1. The van der Waals surface area contributed by atoms with Crippen molar-refractivity contribution in [3.8, 4) is 17.4 Å². The molecule has 0 aliphatic heterocycles. The molecule has 2 rings (SSSR count). The van der Waals surface area contributed by atoms with E-state index >= 15 is 0 Å². The molecular weight excluding hydrogens is 459 g/mol. The standard InChI is InChI=1S/C19H26N4O3.HI/c1-5-26-18-11-15(8-9-21-18)13-23-19(20-2)22-12-14-6-7-16(24-3)17(10-14)25-4;/h6-11H,5,12-13H2,1-4H3,(H2,20,22,23);1H. The fourth-order valence-electron chi connectivity index (χ4n) is 2.37. The maximum Gasteiger partial charge on any atom is 0.213 e. The Bertz CT molecular complexity index is 741. The van der Waals surface area contributed by atoms with Crippen LogP contribution in [-0.2, 0) is 13.1 Å². The average Bonchev–Trinajstić information content (AvgIpc) is 2.68. The van der Waals surface area contributed by atoms with E-state index in [0.29, 0.717) is 43.0 Å². The number of guanidine groups is 1. The first-order chi connectivity index (χ1) is 12.7. The van der Waals surface area contributed by atoms with Crippen LogP contribution in [0.15, 0.2) is 41.5 Å². The van der Waals surface area contributed by atoms with Gasteiger partial charge in [-0.1, -0.05) is 6.07 Å². The van der Waals surface area contributed by atoms with Gasteiger partial charge in [-0.05, 0) is 36.2 Å². The molecule has 7 nitrogen and oxygen atoms in total. The van der Waals surface area contributed by atoms with Gasteiger partial charge in [-0.15, -0.1) is 24.0 Å². The van der Waals surface area contributed by atoms with Crippen LogP contribution in [0.25, 0.3) is 0 Å². The number of hydrogen-bond donors (Lipinski definition) is 2. The Hall–Kier alpha value is -2.23. The van der Waals surface area contributed by atoms with Gasteiger partial charge in [0.1, 0.15) is 0 Å². The fraction of sp³-hybridized carbons (Fsp3) is 0.368. The number of ether oxygens (including phenoxy) is 3. The molecule has 0 amide bonds. The summed E-state index contributed by atoms with van der Waals surface area (Å²) in [6.07, 6.45) is 1.74. The summed E-state index contributed by atoms with van der Waals surface area (Å²) >= 11 is 0. The summed E-state index contributed by atoms with van der Waals surface area (Å²) < 4.78 is 16.0. The lowest BCUT2D eigenvalue weighted by Crippen LogP contribution is -2.36. The van der Waals surface area contributed by atoms with Crippen molar-refractivity contribution in [1.82, 2.24) is 15.6 Å². The zero-order chi connectivity index (χ0) is 18.8. The van der Waals surface area contributed by atoms with Gasteiger partial charge in [-0.2, -0.15) is 0 Å². The third-order valence-corrected chi connectivity index (χ3v) is 3.68. The summed E-state index contributed by atoms with van der Waals surface area (Å²) in [7, 11) is 4.99. The van der Waals surface area contributed by atoms with Crippen LogP contribution in [0.3, 0.4) is 0 Å². The van der Waals surface area contributed by atoms with Crippen LogP contribution >= 0.6 is 24.0 Å². The normalized spacial score (nSPS) is 10.6. The van der Waals surface area contributed by atoms with Crippen LogP contribution in [-0.4, -0.2) is 38.8 Å². The molecule has 0 saturated heterocycles. The van der Waals surface area contributed by atoms with Crippen molar-refractivity contribution in [2.24, 2.45) is 4.99 Å². The van der Waals surface area contributed by atoms with Crippen LogP contribution in [0.5, 0.6) is 17.4 Å². The SMILES string of the molecule is CCOc1cc(CNC(=NC)NCc2ccc(OC)c(OC)c2)ccn1.I. The summed E-state index contributed by atoms with van der Waals surface area (Å²) in [6.45, 7) is 3.76. The minimum Gasteiger partial charge on any atom is -0.493 e. The zero-order valence-electron chi connectivity index (χ0n) is 16.1. The number of rotatable bonds is 8. The highest BCUT2D eigenvalue weighted by Gasteiger charge is 2.06. The number of nitrogens with zero attached hydrogens (tertiary/aromatic N) is 2. The van der Waals surface area contributed by atoms with Crippen LogP contribution in [0.2, 0.25) is 0 Å². The Kier molecular flexibility index (Phi) is 10.3. The predicted molar refractivity (Wildman–Crippen MR) is 117 cm³/mol. The van der Waals surface area contributed by atoms with Crippen molar-refractivity contribution in [1.29, 1.82) is 0 Å². The van der Waals surface area contributed by atoms with Crippen molar-refractivity contribution < 1.29 is 14.2 Å². The number of aromatic nitrogens is 1. The van der Waals surface area contributed by atoms with E-state index in [9.17, 15) is 0 Å². The van der Waals surface area contributed by atoms with E-state index in [4.69, 9.17) is 14.2 Å². The molecule has 0 bridgehead atoms. The summed E-state index contributed by atoms with van der Waals surface area (Å²) in [5.74, 6) is 2.74. The van der Waals surface area contributed by atoms with Gasteiger partial charge in [0.05, 0.1) is 20.8 Å². The third-order valence-electron chi connectivity index (χ3n) is 3.68. The molecule has 0 atom stereocenters. The number of aliphatic imine (C=N–C) groups is 1. The minimum atomic E-state index is 0. The van der Waals surface area contributed by atoms with Gasteiger partial charge in [0.25, 0.3) is 0 Å². The van der Waals surface area contributed by atoms with Crippen LogP contribution in [0.1, 0.15) is 18.1 Å². The summed E-state index contributed by atoms with van der Waals surface area (Å²) in [6, 6.07) is 9.67. The van der Waals surface area contributed by atoms with E-state index < -0.39 is 0 Å². The maximum atomic E-state index is 5.42. The Morgan fingerprint density at radius 2 is 1.67 bits per heavy atom. The smallest absolute Gasteiger partial charge is 0.213 e. The van der Waals surface area contributed by atoms with Crippen molar-refractivity contribution in [2.75, 3.05) is 27.9 Å². The number of nitrogens with one attached hydrogen (secondary N) is 2. The molecular formula is C19H27IN4O3. The highest BCUT2D eigenvalue weighted by atomic mass is 127. The molecule has 27 heavy (non-hydrogen) atoms. The average molecular weight is 486 g/mol. The highest BCUT2D eigenvalue weighted by Crippen LogP contribution is 2.27. The number of methoxy groups -OCH3 is 2. The zero-order valence-corrected chi connectivity index (χ0v) is 18.4. The molecule has 0 radical (unpaired) electrons. The molecule has 0 aliphatic rings. The Morgan fingerprint density at radius 1 is 1.00 bits per heavy atom. The molecule has 0 aliphatic carbocycles. The largest absolute Gasteiger partial charge is 0.493 e. The minimum absolute atomic E-state index is 0. The van der Waals surface area contributed by atoms with E-state index in [2.05, 4.69) is 20.6 Å². The molecule has 8 heteroatoms. The van der Waals surface area contributed by atoms with E-state index in [-0.39, 0.29) is 24.0 Å². The molecule has 148 valence electrons. The molecule has 1 aromatic carbocycles. The Balaban J connectivity index is 0.00000364. The number of benzene rings is 1. The van der Waals surface area contributed by atoms with E-state index in [0.717, 1.165) is 11.1 Å². The van der Waals surface area contributed by atoms with Gasteiger partial charge in [-0.3, -0.25) is 4.99 Å². The van der Waals surface area contributed by atoms with Crippen molar-refractivity contribution in [2.45, 2.75) is 20.0 Å². The summed E-state index contributed by atoms with van der Waals surface area (Å²) in [5.41, 5.74) is 2.13. The molecule has 2 N–H and O–H groups in total. The van der Waals surface area contributed by atoms with Crippen LogP contribution in [0.4, 0.5) is 0 Å². The Labute approximate surface area is 177 Å². The molecule has 0 fully saturated rings. The topological polar surface area (TPSA) is 77.0 Å². The van der Waals surface area contributed by atoms with Gasteiger partial charge >= 0.3 is 0 Å². The maximum absolute atomic E-state index is 5.42. The summed E-state index contributed by atoms with van der Waals surface area (Å²) in [5, 5.41) is 6.56. The molecule has 0 unspecified atom stereocenters. The van der Waals surface area contributed by atoms with Crippen molar-refractivity contribution >= 4 is 29.9 Å². The van der Waals surface area contributed by atoms with E-state index in [1.807, 2.05) is 37.3 Å². The second-order valence-corrected chi connectivity index (χ2v) is 5.40. The molecule has 1 aromatic heterocycles. The lowest BCUT2D eigenvalue weighted by atomic mass is 10.2. The fourth-order valence-corrected chi connectivity index (χ4v) is 2.37. The van der Waals surface area contributed by atoms with Crippen molar-refractivity contribution in [3.05, 3.63) is 47.7 Å².